The third-order valence-electron chi connectivity index (χ3n) is 4.34. The number of amides is 1. The van der Waals surface area contributed by atoms with Crippen molar-refractivity contribution in [3.63, 3.8) is 0 Å². The number of hydrogen-bond donors (Lipinski definition) is 2. The molecule has 5 nitrogen and oxygen atoms in total. The third-order valence-corrected chi connectivity index (χ3v) is 4.34. The molecule has 1 amide bonds. The summed E-state index contributed by atoms with van der Waals surface area (Å²) >= 11 is 0. The first-order valence-electron chi connectivity index (χ1n) is 8.52. The monoisotopic (exact) mass is 346 g/mol. The van der Waals surface area contributed by atoms with Crippen LogP contribution < -0.4 is 10.6 Å². The Morgan fingerprint density at radius 1 is 1.00 bits per heavy atom. The fraction of sp³-hybridized carbons (Fsp3) is 0.190. The van der Waals surface area contributed by atoms with Crippen LogP contribution in [0.15, 0.2) is 54.9 Å². The Balaban J connectivity index is 1.69. The van der Waals surface area contributed by atoms with Crippen LogP contribution in [0.5, 0.6) is 0 Å². The van der Waals surface area contributed by atoms with Crippen molar-refractivity contribution in [1.82, 2.24) is 15.3 Å². The zero-order valence-corrected chi connectivity index (χ0v) is 15.2. The average molecular weight is 346 g/mol. The predicted octanol–water partition coefficient (Wildman–Crippen LogP) is 4.08. The average Bonchev–Trinajstić information content (AvgIpc) is 2.65. The standard InChI is InChI=1S/C21H22N4O/c1-14-7-9-17(10-8-14)12-22-21(26)19-11-20(24-13-23-19)25-18-6-4-5-15(2)16(18)3/h4-11,13H,12H2,1-3H3,(H,22,26)(H,23,24,25). The number of carbonyl (C=O) groups is 1. The lowest BCUT2D eigenvalue weighted by atomic mass is 10.1. The van der Waals surface area contributed by atoms with Gasteiger partial charge >= 0.3 is 0 Å². The molecule has 2 aromatic carbocycles. The molecule has 0 saturated carbocycles. The summed E-state index contributed by atoms with van der Waals surface area (Å²) in [5.74, 6) is 0.367. The lowest BCUT2D eigenvalue weighted by molar-refractivity contribution is 0.0946. The summed E-state index contributed by atoms with van der Waals surface area (Å²) in [5.41, 5.74) is 5.89. The van der Waals surface area contributed by atoms with Crippen molar-refractivity contribution in [2.24, 2.45) is 0 Å². The Morgan fingerprint density at radius 2 is 1.77 bits per heavy atom. The first-order chi connectivity index (χ1) is 12.5. The highest BCUT2D eigenvalue weighted by Gasteiger charge is 2.09. The second-order valence-electron chi connectivity index (χ2n) is 6.33. The van der Waals surface area contributed by atoms with Crippen molar-refractivity contribution in [2.45, 2.75) is 27.3 Å². The van der Waals surface area contributed by atoms with Gasteiger partial charge < -0.3 is 10.6 Å². The number of anilines is 2. The number of nitrogens with zero attached hydrogens (tertiary/aromatic N) is 2. The summed E-state index contributed by atoms with van der Waals surface area (Å²) in [6, 6.07) is 15.8. The molecule has 0 aliphatic heterocycles. The van der Waals surface area contributed by atoms with E-state index in [0.717, 1.165) is 16.8 Å². The van der Waals surface area contributed by atoms with E-state index in [9.17, 15) is 4.79 Å². The van der Waals surface area contributed by atoms with Crippen LogP contribution in [0.1, 0.15) is 32.7 Å². The van der Waals surface area contributed by atoms with Gasteiger partial charge in [-0.05, 0) is 43.5 Å². The van der Waals surface area contributed by atoms with Gasteiger partial charge in [0, 0.05) is 18.3 Å². The van der Waals surface area contributed by atoms with E-state index in [0.29, 0.717) is 18.1 Å². The largest absolute Gasteiger partial charge is 0.347 e. The summed E-state index contributed by atoms with van der Waals surface area (Å²) < 4.78 is 0. The molecule has 5 heteroatoms. The molecule has 0 unspecified atom stereocenters. The Kier molecular flexibility index (Phi) is 5.27. The first-order valence-corrected chi connectivity index (χ1v) is 8.52. The zero-order chi connectivity index (χ0) is 18.5. The maximum Gasteiger partial charge on any atom is 0.270 e. The van der Waals surface area contributed by atoms with Gasteiger partial charge in [-0.15, -0.1) is 0 Å². The van der Waals surface area contributed by atoms with Crippen molar-refractivity contribution in [1.29, 1.82) is 0 Å². The molecular formula is C21H22N4O. The number of aromatic nitrogens is 2. The number of nitrogens with one attached hydrogen (secondary N) is 2. The van der Waals surface area contributed by atoms with Gasteiger partial charge in [-0.2, -0.15) is 0 Å². The molecule has 1 heterocycles. The second kappa shape index (κ2) is 7.78. The topological polar surface area (TPSA) is 66.9 Å². The van der Waals surface area contributed by atoms with Gasteiger partial charge in [-0.1, -0.05) is 42.0 Å². The van der Waals surface area contributed by atoms with E-state index in [1.54, 1.807) is 6.07 Å². The Morgan fingerprint density at radius 3 is 2.54 bits per heavy atom. The smallest absolute Gasteiger partial charge is 0.270 e. The van der Waals surface area contributed by atoms with Gasteiger partial charge in [0.1, 0.15) is 17.8 Å². The molecule has 2 N–H and O–H groups in total. The van der Waals surface area contributed by atoms with E-state index in [-0.39, 0.29) is 5.91 Å². The quantitative estimate of drug-likeness (QED) is 0.731. The minimum absolute atomic E-state index is 0.225. The van der Waals surface area contributed by atoms with Crippen LogP contribution in [0.3, 0.4) is 0 Å². The van der Waals surface area contributed by atoms with E-state index >= 15 is 0 Å². The van der Waals surface area contributed by atoms with Crippen molar-refractivity contribution in [3.8, 4) is 0 Å². The van der Waals surface area contributed by atoms with E-state index in [2.05, 4.69) is 33.6 Å². The number of carbonyl (C=O) groups excluding carboxylic acids is 1. The summed E-state index contributed by atoms with van der Waals surface area (Å²) in [6.07, 6.45) is 1.40. The van der Waals surface area contributed by atoms with Crippen LogP contribution in [0.25, 0.3) is 0 Å². The Bertz CT molecular complexity index is 920. The van der Waals surface area contributed by atoms with Gasteiger partial charge in [0.15, 0.2) is 0 Å². The summed E-state index contributed by atoms with van der Waals surface area (Å²) in [4.78, 5) is 20.7. The second-order valence-corrected chi connectivity index (χ2v) is 6.33. The van der Waals surface area contributed by atoms with Crippen LogP contribution in [-0.2, 0) is 6.54 Å². The molecule has 0 spiro atoms. The number of hydrogen-bond acceptors (Lipinski definition) is 4. The minimum Gasteiger partial charge on any atom is -0.347 e. The molecule has 0 aliphatic rings. The molecule has 3 aromatic rings. The molecule has 0 aliphatic carbocycles. The van der Waals surface area contributed by atoms with Crippen molar-refractivity contribution >= 4 is 17.4 Å². The highest BCUT2D eigenvalue weighted by Crippen LogP contribution is 2.21. The molecule has 1 aromatic heterocycles. The number of benzene rings is 2. The molecule has 132 valence electrons. The molecular weight excluding hydrogens is 324 g/mol. The molecule has 0 saturated heterocycles. The molecule has 26 heavy (non-hydrogen) atoms. The highest BCUT2D eigenvalue weighted by atomic mass is 16.1. The van der Waals surface area contributed by atoms with E-state index in [1.165, 1.54) is 17.5 Å². The van der Waals surface area contributed by atoms with Gasteiger partial charge in [0.2, 0.25) is 0 Å². The van der Waals surface area contributed by atoms with E-state index in [4.69, 9.17) is 0 Å². The SMILES string of the molecule is Cc1ccc(CNC(=O)c2cc(Nc3cccc(C)c3C)ncn2)cc1. The van der Waals surface area contributed by atoms with Gasteiger partial charge in [0.05, 0.1) is 0 Å². The predicted molar refractivity (Wildman–Crippen MR) is 104 cm³/mol. The zero-order valence-electron chi connectivity index (χ0n) is 15.2. The molecule has 0 fully saturated rings. The van der Waals surface area contributed by atoms with Gasteiger partial charge in [-0.3, -0.25) is 4.79 Å². The fourth-order valence-electron chi connectivity index (χ4n) is 2.55. The molecule has 0 radical (unpaired) electrons. The Labute approximate surface area is 153 Å². The normalized spacial score (nSPS) is 10.4. The van der Waals surface area contributed by atoms with Crippen molar-refractivity contribution < 1.29 is 4.79 Å². The molecule has 0 bridgehead atoms. The first kappa shape index (κ1) is 17.6. The van der Waals surface area contributed by atoms with Crippen LogP contribution in [0.4, 0.5) is 11.5 Å². The fourth-order valence-corrected chi connectivity index (χ4v) is 2.55. The Hall–Kier alpha value is -3.21. The number of aryl methyl sites for hydroxylation is 2. The lowest BCUT2D eigenvalue weighted by Gasteiger charge is -2.11. The van der Waals surface area contributed by atoms with E-state index < -0.39 is 0 Å². The van der Waals surface area contributed by atoms with Crippen LogP contribution in [0.2, 0.25) is 0 Å². The van der Waals surface area contributed by atoms with Crippen molar-refractivity contribution in [3.05, 3.63) is 82.8 Å². The summed E-state index contributed by atoms with van der Waals surface area (Å²) in [7, 11) is 0. The third kappa shape index (κ3) is 4.25. The molecule has 3 rings (SSSR count). The van der Waals surface area contributed by atoms with Gasteiger partial charge in [0.25, 0.3) is 5.91 Å². The van der Waals surface area contributed by atoms with Crippen molar-refractivity contribution in [2.75, 3.05) is 5.32 Å². The lowest BCUT2D eigenvalue weighted by Crippen LogP contribution is -2.24. The van der Waals surface area contributed by atoms with Crippen LogP contribution in [-0.4, -0.2) is 15.9 Å². The molecule has 0 atom stereocenters. The highest BCUT2D eigenvalue weighted by molar-refractivity contribution is 5.92. The van der Waals surface area contributed by atoms with Crippen LogP contribution >= 0.6 is 0 Å². The van der Waals surface area contributed by atoms with Crippen LogP contribution in [0, 0.1) is 20.8 Å². The van der Waals surface area contributed by atoms with Gasteiger partial charge in [-0.25, -0.2) is 9.97 Å². The minimum atomic E-state index is -0.225. The summed E-state index contributed by atoms with van der Waals surface area (Å²) in [6.45, 7) is 6.61. The maximum absolute atomic E-state index is 12.4. The maximum atomic E-state index is 12.4. The number of rotatable bonds is 5. The van der Waals surface area contributed by atoms with E-state index in [1.807, 2.05) is 50.2 Å². The summed E-state index contributed by atoms with van der Waals surface area (Å²) in [5, 5.41) is 6.15.